The Hall–Kier alpha value is -2.89. The third-order valence-electron chi connectivity index (χ3n) is 3.45. The largest absolute Gasteiger partial charge is 0.496 e. The van der Waals surface area contributed by atoms with Crippen LogP contribution < -0.4 is 0 Å². The molecule has 0 spiro atoms. The first kappa shape index (κ1) is 16.5. The minimum atomic E-state index is -0.583. The monoisotopic (exact) mass is 316 g/mol. The lowest BCUT2D eigenvalue weighted by atomic mass is 9.82. The predicted molar refractivity (Wildman–Crippen MR) is 81.1 cm³/mol. The molecular formula is C17H16O6. The number of carbonyl (C=O) groups excluding carboxylic acids is 3. The lowest BCUT2D eigenvalue weighted by Gasteiger charge is -2.24. The average Bonchev–Trinajstić information content (AvgIpc) is 2.55. The molecule has 0 aromatic rings. The Balaban J connectivity index is 2.75. The van der Waals surface area contributed by atoms with Gasteiger partial charge in [0, 0.05) is 6.08 Å². The molecule has 0 fully saturated rings. The Morgan fingerprint density at radius 3 is 2.00 bits per heavy atom. The lowest BCUT2D eigenvalue weighted by Crippen LogP contribution is -2.28. The zero-order chi connectivity index (χ0) is 17.1. The van der Waals surface area contributed by atoms with E-state index >= 15 is 0 Å². The van der Waals surface area contributed by atoms with E-state index in [1.165, 1.54) is 45.6 Å². The SMILES string of the molecule is CC=CC(=O)C1=CC(OC)=C2C(=O)C(OC)=CC(OC)=C2C1=O. The molecular weight excluding hydrogens is 300 g/mol. The van der Waals surface area contributed by atoms with Crippen LogP contribution in [0.15, 0.2) is 58.3 Å². The van der Waals surface area contributed by atoms with Crippen molar-refractivity contribution >= 4 is 17.3 Å². The first-order valence-corrected chi connectivity index (χ1v) is 6.80. The van der Waals surface area contributed by atoms with Gasteiger partial charge in [-0.2, -0.15) is 0 Å². The number of hydrogen-bond acceptors (Lipinski definition) is 6. The van der Waals surface area contributed by atoms with Crippen molar-refractivity contribution in [2.45, 2.75) is 6.92 Å². The fourth-order valence-electron chi connectivity index (χ4n) is 2.38. The second-order valence-corrected chi connectivity index (χ2v) is 4.68. The first-order valence-electron chi connectivity index (χ1n) is 6.80. The molecule has 0 aromatic carbocycles. The summed E-state index contributed by atoms with van der Waals surface area (Å²) < 4.78 is 15.4. The summed E-state index contributed by atoms with van der Waals surface area (Å²) in [6.07, 6.45) is 5.40. The Labute approximate surface area is 133 Å². The molecule has 0 N–H and O–H groups in total. The molecule has 0 saturated heterocycles. The van der Waals surface area contributed by atoms with Gasteiger partial charge in [0.25, 0.3) is 0 Å². The predicted octanol–water partition coefficient (Wildman–Crippen LogP) is 1.55. The number of fused-ring (bicyclic) bond motifs is 1. The molecule has 0 saturated carbocycles. The molecule has 0 atom stereocenters. The van der Waals surface area contributed by atoms with E-state index in [1.807, 2.05) is 0 Å². The smallest absolute Gasteiger partial charge is 0.232 e. The molecule has 6 heteroatoms. The highest BCUT2D eigenvalue weighted by Crippen LogP contribution is 2.36. The summed E-state index contributed by atoms with van der Waals surface area (Å²) in [5.74, 6) is -1.25. The van der Waals surface area contributed by atoms with Gasteiger partial charge >= 0.3 is 0 Å². The summed E-state index contributed by atoms with van der Waals surface area (Å²) in [5, 5.41) is 0. The second-order valence-electron chi connectivity index (χ2n) is 4.68. The fourth-order valence-corrected chi connectivity index (χ4v) is 2.38. The fraction of sp³-hybridized carbons (Fsp3) is 0.235. The van der Waals surface area contributed by atoms with Crippen LogP contribution in [-0.4, -0.2) is 38.7 Å². The molecule has 0 aliphatic heterocycles. The van der Waals surface area contributed by atoms with Crippen LogP contribution >= 0.6 is 0 Å². The van der Waals surface area contributed by atoms with Crippen molar-refractivity contribution in [3.05, 3.63) is 58.3 Å². The van der Waals surface area contributed by atoms with Crippen molar-refractivity contribution in [1.82, 2.24) is 0 Å². The summed E-state index contributed by atoms with van der Waals surface area (Å²) >= 11 is 0. The Bertz CT molecular complexity index is 743. The van der Waals surface area contributed by atoms with Crippen molar-refractivity contribution in [2.75, 3.05) is 21.3 Å². The third-order valence-corrected chi connectivity index (χ3v) is 3.45. The van der Waals surface area contributed by atoms with Crippen molar-refractivity contribution in [2.24, 2.45) is 0 Å². The standard InChI is InChI=1S/C17H16O6/c1-5-6-10(18)9-7-11(21-2)15-14(16(9)19)12(22-3)8-13(23-4)17(15)20/h5-8H,1-4H3. The van der Waals surface area contributed by atoms with Crippen LogP contribution in [0.4, 0.5) is 0 Å². The topological polar surface area (TPSA) is 78.9 Å². The van der Waals surface area contributed by atoms with Crippen LogP contribution in [0.25, 0.3) is 0 Å². The molecule has 0 unspecified atom stereocenters. The number of hydrogen-bond donors (Lipinski definition) is 0. The molecule has 0 aromatic heterocycles. The molecule has 2 aliphatic rings. The van der Waals surface area contributed by atoms with Gasteiger partial charge in [-0.05, 0) is 19.1 Å². The number of ketones is 3. The van der Waals surface area contributed by atoms with Crippen molar-refractivity contribution in [3.8, 4) is 0 Å². The second kappa shape index (κ2) is 6.48. The van der Waals surface area contributed by atoms with E-state index in [0.29, 0.717) is 0 Å². The van der Waals surface area contributed by atoms with E-state index in [-0.39, 0.29) is 34.0 Å². The number of ether oxygens (including phenoxy) is 3. The van der Waals surface area contributed by atoms with Crippen LogP contribution in [-0.2, 0) is 28.6 Å². The third kappa shape index (κ3) is 2.63. The van der Waals surface area contributed by atoms with Crippen molar-refractivity contribution < 1.29 is 28.6 Å². The Morgan fingerprint density at radius 2 is 1.48 bits per heavy atom. The van der Waals surface area contributed by atoms with E-state index in [4.69, 9.17) is 14.2 Å². The van der Waals surface area contributed by atoms with Crippen LogP contribution in [0.2, 0.25) is 0 Å². The van der Waals surface area contributed by atoms with E-state index in [9.17, 15) is 14.4 Å². The van der Waals surface area contributed by atoms with Gasteiger partial charge in [-0.25, -0.2) is 0 Å². The van der Waals surface area contributed by atoms with Gasteiger partial charge in [-0.3, -0.25) is 14.4 Å². The maximum atomic E-state index is 12.7. The van der Waals surface area contributed by atoms with Gasteiger partial charge in [0.2, 0.25) is 11.6 Å². The quantitative estimate of drug-likeness (QED) is 0.566. The number of methoxy groups -OCH3 is 3. The summed E-state index contributed by atoms with van der Waals surface area (Å²) in [5.41, 5.74) is -0.0495. The molecule has 2 rings (SSSR count). The summed E-state index contributed by atoms with van der Waals surface area (Å²) in [6.45, 7) is 1.67. The van der Waals surface area contributed by atoms with Gasteiger partial charge in [0.05, 0.1) is 38.0 Å². The highest BCUT2D eigenvalue weighted by atomic mass is 16.5. The van der Waals surface area contributed by atoms with E-state index in [0.717, 1.165) is 0 Å². The Kier molecular flexibility index (Phi) is 4.64. The van der Waals surface area contributed by atoms with Crippen LogP contribution in [0, 0.1) is 0 Å². The number of allylic oxidation sites excluding steroid dienone is 7. The summed E-state index contributed by atoms with van der Waals surface area (Å²) in [7, 11) is 4.07. The molecule has 0 heterocycles. The normalized spacial score (nSPS) is 17.9. The maximum Gasteiger partial charge on any atom is 0.232 e. The van der Waals surface area contributed by atoms with Crippen LogP contribution in [0.3, 0.4) is 0 Å². The maximum absolute atomic E-state index is 12.7. The van der Waals surface area contributed by atoms with Gasteiger partial charge in [0.15, 0.2) is 11.5 Å². The van der Waals surface area contributed by atoms with Crippen molar-refractivity contribution in [3.63, 3.8) is 0 Å². The van der Waals surface area contributed by atoms with E-state index in [1.54, 1.807) is 6.92 Å². The highest BCUT2D eigenvalue weighted by molar-refractivity contribution is 6.35. The molecule has 120 valence electrons. The molecule has 23 heavy (non-hydrogen) atoms. The van der Waals surface area contributed by atoms with Gasteiger partial charge < -0.3 is 14.2 Å². The summed E-state index contributed by atoms with van der Waals surface area (Å²) in [6, 6.07) is 0. The Morgan fingerprint density at radius 1 is 0.913 bits per heavy atom. The van der Waals surface area contributed by atoms with Gasteiger partial charge in [0.1, 0.15) is 11.5 Å². The molecule has 0 radical (unpaired) electrons. The minimum absolute atomic E-state index is 0.00510. The minimum Gasteiger partial charge on any atom is -0.496 e. The first-order chi connectivity index (χ1) is 11.0. The molecule has 0 bridgehead atoms. The van der Waals surface area contributed by atoms with E-state index < -0.39 is 17.3 Å². The van der Waals surface area contributed by atoms with Gasteiger partial charge in [-0.15, -0.1) is 0 Å². The highest BCUT2D eigenvalue weighted by Gasteiger charge is 2.40. The number of rotatable bonds is 5. The summed E-state index contributed by atoms with van der Waals surface area (Å²) in [4.78, 5) is 37.2. The molecule has 0 amide bonds. The number of carbonyl (C=O) groups is 3. The van der Waals surface area contributed by atoms with Gasteiger partial charge in [-0.1, -0.05) is 6.08 Å². The zero-order valence-corrected chi connectivity index (χ0v) is 13.3. The van der Waals surface area contributed by atoms with Crippen molar-refractivity contribution in [1.29, 1.82) is 0 Å². The number of Topliss-reactive ketones (excluding diaryl/α,β-unsaturated/α-hetero) is 2. The van der Waals surface area contributed by atoms with Crippen LogP contribution in [0.1, 0.15) is 6.92 Å². The lowest BCUT2D eigenvalue weighted by molar-refractivity contribution is -0.119. The van der Waals surface area contributed by atoms with E-state index in [2.05, 4.69) is 0 Å². The average molecular weight is 316 g/mol. The molecule has 2 aliphatic carbocycles. The molecule has 6 nitrogen and oxygen atoms in total. The zero-order valence-electron chi connectivity index (χ0n) is 13.3. The van der Waals surface area contributed by atoms with Crippen LogP contribution in [0.5, 0.6) is 0 Å².